The van der Waals surface area contributed by atoms with E-state index in [1.54, 1.807) is 0 Å². The van der Waals surface area contributed by atoms with Crippen LogP contribution in [-0.4, -0.2) is 12.6 Å². The molecule has 15 heavy (non-hydrogen) atoms. The third-order valence-electron chi connectivity index (χ3n) is 2.53. The minimum atomic E-state index is -0.106. The van der Waals surface area contributed by atoms with Crippen LogP contribution in [0.3, 0.4) is 0 Å². The topological polar surface area (TPSA) is 26.3 Å². The summed E-state index contributed by atoms with van der Waals surface area (Å²) in [7, 11) is 0. The highest BCUT2D eigenvalue weighted by Gasteiger charge is 2.03. The summed E-state index contributed by atoms with van der Waals surface area (Å²) in [5.41, 5.74) is 0. The van der Waals surface area contributed by atoms with Gasteiger partial charge < -0.3 is 4.74 Å². The molecule has 1 unspecified atom stereocenters. The highest BCUT2D eigenvalue weighted by molar-refractivity contribution is 5.71. The number of carbonyl (C=O) groups excluding carboxylic acids is 1. The summed E-state index contributed by atoms with van der Waals surface area (Å²) in [6.45, 7) is 2.75. The molecule has 1 rings (SSSR count). The minimum Gasteiger partial charge on any atom is -0.465 e. The van der Waals surface area contributed by atoms with E-state index in [4.69, 9.17) is 4.74 Å². The molecular weight excluding hydrogens is 188 g/mol. The third-order valence-corrected chi connectivity index (χ3v) is 2.53. The Labute approximate surface area is 92.0 Å². The average Bonchev–Trinajstić information content (AvgIpc) is 2.22. The van der Waals surface area contributed by atoms with Crippen LogP contribution in [0.2, 0.25) is 0 Å². The fourth-order valence-corrected chi connectivity index (χ4v) is 1.49. The Morgan fingerprint density at radius 1 is 1.20 bits per heavy atom. The zero-order valence-corrected chi connectivity index (χ0v) is 9.45. The number of hydrogen-bond acceptors (Lipinski definition) is 2. The number of hydrogen-bond donors (Lipinski definition) is 0. The van der Waals surface area contributed by atoms with E-state index >= 15 is 0 Å². The Hall–Kier alpha value is -1.05. The Kier molecular flexibility index (Phi) is 5.83. The van der Waals surface area contributed by atoms with Gasteiger partial charge in [-0.2, -0.15) is 0 Å². The van der Waals surface area contributed by atoms with Gasteiger partial charge in [-0.1, -0.05) is 31.2 Å². The summed E-state index contributed by atoms with van der Waals surface area (Å²) in [4.78, 5) is 11.2. The molecule has 0 saturated heterocycles. The van der Waals surface area contributed by atoms with Crippen LogP contribution >= 0.6 is 0 Å². The Morgan fingerprint density at radius 3 is 2.73 bits per heavy atom. The van der Waals surface area contributed by atoms with Crippen LogP contribution in [0.15, 0.2) is 24.3 Å². The normalized spacial score (nSPS) is 29.1. The van der Waals surface area contributed by atoms with E-state index in [2.05, 4.69) is 19.1 Å². The van der Waals surface area contributed by atoms with Crippen LogP contribution in [0, 0.1) is 5.92 Å². The number of carbonyl (C=O) groups is 1. The first-order valence-corrected chi connectivity index (χ1v) is 5.74. The van der Waals surface area contributed by atoms with Crippen molar-refractivity contribution in [3.05, 3.63) is 24.3 Å². The van der Waals surface area contributed by atoms with Crippen LogP contribution in [-0.2, 0) is 9.53 Å². The molecule has 2 heteroatoms. The van der Waals surface area contributed by atoms with Crippen LogP contribution in [0.1, 0.15) is 39.0 Å². The number of allylic oxidation sites excluding steroid dienone is 3. The van der Waals surface area contributed by atoms with Gasteiger partial charge in [-0.15, -0.1) is 0 Å². The lowest BCUT2D eigenvalue weighted by molar-refractivity contribution is -0.142. The van der Waals surface area contributed by atoms with Crippen molar-refractivity contribution in [2.24, 2.45) is 5.92 Å². The molecule has 0 aromatic rings. The van der Waals surface area contributed by atoms with Gasteiger partial charge in [-0.05, 0) is 31.6 Å². The van der Waals surface area contributed by atoms with E-state index in [9.17, 15) is 4.79 Å². The zero-order chi connectivity index (χ0) is 10.9. The molecule has 0 fully saturated rings. The lowest BCUT2D eigenvalue weighted by Gasteiger charge is -2.08. The van der Waals surface area contributed by atoms with Gasteiger partial charge in [-0.3, -0.25) is 4.79 Å². The third kappa shape index (κ3) is 6.10. The average molecular weight is 208 g/mol. The molecular formula is C13H20O2. The Bertz CT molecular complexity index is 241. The van der Waals surface area contributed by atoms with Crippen molar-refractivity contribution in [1.82, 2.24) is 0 Å². The summed E-state index contributed by atoms with van der Waals surface area (Å²) in [6.07, 6.45) is 12.9. The summed E-state index contributed by atoms with van der Waals surface area (Å²) < 4.78 is 5.11. The predicted molar refractivity (Wildman–Crippen MR) is 61.5 cm³/mol. The first-order valence-electron chi connectivity index (χ1n) is 5.74. The molecule has 1 atom stereocenters. The maximum absolute atomic E-state index is 11.2. The largest absolute Gasteiger partial charge is 0.465 e. The lowest BCUT2D eigenvalue weighted by atomic mass is 10.0. The number of rotatable bonds is 0. The van der Waals surface area contributed by atoms with Crippen molar-refractivity contribution >= 4 is 5.97 Å². The Morgan fingerprint density at radius 2 is 1.93 bits per heavy atom. The molecule has 2 nitrogen and oxygen atoms in total. The van der Waals surface area contributed by atoms with Crippen molar-refractivity contribution in [1.29, 1.82) is 0 Å². The molecule has 1 aliphatic rings. The quantitative estimate of drug-likeness (QED) is 0.451. The highest BCUT2D eigenvalue weighted by atomic mass is 16.5. The fourth-order valence-electron chi connectivity index (χ4n) is 1.49. The fraction of sp³-hybridized carbons (Fsp3) is 0.615. The molecule has 0 aliphatic carbocycles. The number of esters is 1. The maximum atomic E-state index is 11.2. The van der Waals surface area contributed by atoms with Gasteiger partial charge >= 0.3 is 5.97 Å². The van der Waals surface area contributed by atoms with E-state index in [1.165, 1.54) is 0 Å². The van der Waals surface area contributed by atoms with Gasteiger partial charge in [0.2, 0.25) is 0 Å². The van der Waals surface area contributed by atoms with E-state index < -0.39 is 0 Å². The van der Waals surface area contributed by atoms with Gasteiger partial charge in [0.15, 0.2) is 0 Å². The first-order chi connectivity index (χ1) is 7.29. The monoisotopic (exact) mass is 208 g/mol. The van der Waals surface area contributed by atoms with E-state index in [0.717, 1.165) is 25.7 Å². The molecule has 1 heterocycles. The molecule has 0 aromatic carbocycles. The van der Waals surface area contributed by atoms with Crippen molar-refractivity contribution in [2.45, 2.75) is 39.0 Å². The lowest BCUT2D eigenvalue weighted by Crippen LogP contribution is -2.07. The standard InChI is InChI=1S/C13H20O2/c1-12-8-6-4-2-3-5-7-9-13(14)15-11-10-12/h4-7,12H,2-3,8-11H2,1H3/b6-4-,7-5+. The number of cyclic esters (lactones) is 1. The van der Waals surface area contributed by atoms with E-state index in [-0.39, 0.29) is 5.97 Å². The number of ether oxygens (including phenoxy) is 1. The van der Waals surface area contributed by atoms with Crippen molar-refractivity contribution in [3.8, 4) is 0 Å². The SMILES string of the molecule is CC1C/C=C\CC/C=C/CC(=O)OCC1. The van der Waals surface area contributed by atoms with Crippen molar-refractivity contribution in [2.75, 3.05) is 6.61 Å². The molecule has 0 radical (unpaired) electrons. The van der Waals surface area contributed by atoms with Crippen LogP contribution in [0.5, 0.6) is 0 Å². The summed E-state index contributed by atoms with van der Waals surface area (Å²) in [6, 6.07) is 0. The minimum absolute atomic E-state index is 0.106. The Balaban J connectivity index is 2.40. The first kappa shape index (κ1) is 12.0. The van der Waals surface area contributed by atoms with E-state index in [0.29, 0.717) is 18.9 Å². The van der Waals surface area contributed by atoms with Gasteiger partial charge in [0.05, 0.1) is 13.0 Å². The predicted octanol–water partition coefficient (Wildman–Crippen LogP) is 3.24. The van der Waals surface area contributed by atoms with Crippen LogP contribution < -0.4 is 0 Å². The summed E-state index contributed by atoms with van der Waals surface area (Å²) in [5.74, 6) is 0.494. The summed E-state index contributed by atoms with van der Waals surface area (Å²) >= 11 is 0. The molecule has 0 saturated carbocycles. The summed E-state index contributed by atoms with van der Waals surface area (Å²) in [5, 5.41) is 0. The van der Waals surface area contributed by atoms with Gasteiger partial charge in [0.25, 0.3) is 0 Å². The van der Waals surface area contributed by atoms with Gasteiger partial charge in [0.1, 0.15) is 0 Å². The molecule has 84 valence electrons. The molecule has 0 amide bonds. The van der Waals surface area contributed by atoms with Crippen LogP contribution in [0.4, 0.5) is 0 Å². The second-order valence-corrected chi connectivity index (χ2v) is 4.07. The van der Waals surface area contributed by atoms with Crippen LogP contribution in [0.25, 0.3) is 0 Å². The maximum Gasteiger partial charge on any atom is 0.309 e. The van der Waals surface area contributed by atoms with Crippen molar-refractivity contribution in [3.63, 3.8) is 0 Å². The van der Waals surface area contributed by atoms with Gasteiger partial charge in [0, 0.05) is 0 Å². The van der Waals surface area contributed by atoms with E-state index in [1.807, 2.05) is 12.2 Å². The van der Waals surface area contributed by atoms with Gasteiger partial charge in [-0.25, -0.2) is 0 Å². The van der Waals surface area contributed by atoms with Crippen molar-refractivity contribution < 1.29 is 9.53 Å². The second kappa shape index (κ2) is 7.27. The second-order valence-electron chi connectivity index (χ2n) is 4.07. The molecule has 0 aromatic heterocycles. The molecule has 0 bridgehead atoms. The smallest absolute Gasteiger partial charge is 0.309 e. The molecule has 0 spiro atoms. The zero-order valence-electron chi connectivity index (χ0n) is 9.45. The molecule has 1 aliphatic heterocycles. The highest BCUT2D eigenvalue weighted by Crippen LogP contribution is 2.10. The molecule has 0 N–H and O–H groups in total.